The van der Waals surface area contributed by atoms with Gasteiger partial charge in [-0.25, -0.2) is 4.39 Å². The van der Waals surface area contributed by atoms with Crippen molar-refractivity contribution < 1.29 is 9.13 Å². The second kappa shape index (κ2) is 6.64. The number of hydrogen-bond donors (Lipinski definition) is 2. The fraction of sp³-hybridized carbons (Fsp3) is 0.409. The molecule has 1 aliphatic carbocycles. The quantitative estimate of drug-likeness (QED) is 0.619. The van der Waals surface area contributed by atoms with E-state index in [0.717, 1.165) is 46.5 Å². The van der Waals surface area contributed by atoms with Gasteiger partial charge in [0.15, 0.2) is 0 Å². The summed E-state index contributed by atoms with van der Waals surface area (Å²) in [5.74, 6) is 0.815. The summed E-state index contributed by atoms with van der Waals surface area (Å²) in [7, 11) is 1.68. The highest BCUT2D eigenvalue weighted by Gasteiger charge is 2.47. The molecule has 142 valence electrons. The number of alkyl halides is 1. The lowest BCUT2D eigenvalue weighted by molar-refractivity contribution is 0.139. The van der Waals surface area contributed by atoms with Crippen molar-refractivity contribution in [1.82, 2.24) is 4.90 Å². The molecular formula is C22H26FN3O. The predicted octanol–water partition coefficient (Wildman–Crippen LogP) is 4.03. The summed E-state index contributed by atoms with van der Waals surface area (Å²) in [6.45, 7) is 3.20. The Balaban J connectivity index is 1.87. The Bertz CT molecular complexity index is 891. The van der Waals surface area contributed by atoms with Crippen molar-refractivity contribution >= 4 is 11.9 Å². The van der Waals surface area contributed by atoms with Gasteiger partial charge in [0, 0.05) is 36.1 Å². The number of anilines is 1. The molecule has 1 saturated carbocycles. The lowest BCUT2D eigenvalue weighted by Crippen LogP contribution is -2.41. The van der Waals surface area contributed by atoms with Crippen LogP contribution in [0.5, 0.6) is 5.75 Å². The third kappa shape index (κ3) is 3.21. The number of methoxy groups -OCH3 is 1. The van der Waals surface area contributed by atoms with E-state index in [9.17, 15) is 4.39 Å². The zero-order valence-electron chi connectivity index (χ0n) is 15.9. The van der Waals surface area contributed by atoms with Crippen LogP contribution in [0.2, 0.25) is 0 Å². The standard InChI is InChI=1S/C22H26FN3O/c1-14-3-4-17(20(11-14)27-2)21-16-5-6-19(25)18(12-24)15(16)7-10-26(21)13-22(23)8-9-22/h3-6,11-12,21,24H,7-10,13,25H2,1-2H3. The topological polar surface area (TPSA) is 62.3 Å². The molecule has 0 spiro atoms. The van der Waals surface area contributed by atoms with Crippen molar-refractivity contribution in [3.63, 3.8) is 0 Å². The monoisotopic (exact) mass is 367 g/mol. The van der Waals surface area contributed by atoms with Crippen LogP contribution in [0, 0.1) is 12.3 Å². The second-order valence-corrected chi connectivity index (χ2v) is 7.80. The molecule has 1 atom stereocenters. The van der Waals surface area contributed by atoms with Crippen LogP contribution < -0.4 is 10.5 Å². The van der Waals surface area contributed by atoms with E-state index >= 15 is 0 Å². The molecule has 1 aliphatic heterocycles. The summed E-state index contributed by atoms with van der Waals surface area (Å²) in [6.07, 6.45) is 3.39. The van der Waals surface area contributed by atoms with Gasteiger partial charge < -0.3 is 15.9 Å². The molecule has 2 aromatic carbocycles. The Labute approximate surface area is 159 Å². The lowest BCUT2D eigenvalue weighted by Gasteiger charge is -2.39. The van der Waals surface area contributed by atoms with Gasteiger partial charge in [0.1, 0.15) is 11.4 Å². The molecule has 2 aliphatic rings. The number of nitrogens with one attached hydrogen (secondary N) is 1. The van der Waals surface area contributed by atoms with Gasteiger partial charge in [-0.3, -0.25) is 4.90 Å². The van der Waals surface area contributed by atoms with Gasteiger partial charge in [0.2, 0.25) is 0 Å². The average Bonchev–Trinajstić information content (AvgIpc) is 3.38. The largest absolute Gasteiger partial charge is 0.496 e. The molecule has 0 radical (unpaired) electrons. The third-order valence-electron chi connectivity index (χ3n) is 5.84. The lowest BCUT2D eigenvalue weighted by atomic mass is 9.84. The Morgan fingerprint density at radius 1 is 1.30 bits per heavy atom. The highest BCUT2D eigenvalue weighted by atomic mass is 19.1. The molecular weight excluding hydrogens is 341 g/mol. The molecule has 0 saturated heterocycles. The first-order chi connectivity index (χ1) is 13.0. The van der Waals surface area contributed by atoms with E-state index in [1.54, 1.807) is 7.11 Å². The van der Waals surface area contributed by atoms with E-state index in [1.165, 1.54) is 6.21 Å². The van der Waals surface area contributed by atoms with Gasteiger partial charge in [-0.2, -0.15) is 0 Å². The van der Waals surface area contributed by atoms with E-state index < -0.39 is 5.67 Å². The van der Waals surface area contributed by atoms with Gasteiger partial charge in [-0.15, -0.1) is 0 Å². The molecule has 1 fully saturated rings. The molecule has 4 nitrogen and oxygen atoms in total. The average molecular weight is 367 g/mol. The van der Waals surface area contributed by atoms with Gasteiger partial charge in [0.25, 0.3) is 0 Å². The number of nitrogens with zero attached hydrogens (tertiary/aromatic N) is 1. The van der Waals surface area contributed by atoms with Crippen LogP contribution in [0.25, 0.3) is 0 Å². The van der Waals surface area contributed by atoms with E-state index in [4.69, 9.17) is 15.9 Å². The minimum Gasteiger partial charge on any atom is -0.496 e. The smallest absolute Gasteiger partial charge is 0.124 e. The SMILES string of the molecule is COc1cc(C)ccc1C1c2ccc(N)c(C=N)c2CCN1CC1(F)CC1. The molecule has 2 aromatic rings. The van der Waals surface area contributed by atoms with Crippen molar-refractivity contribution in [2.75, 3.05) is 25.9 Å². The number of benzene rings is 2. The summed E-state index contributed by atoms with van der Waals surface area (Å²) in [6, 6.07) is 9.97. The number of halogens is 1. The summed E-state index contributed by atoms with van der Waals surface area (Å²) in [5, 5.41) is 7.80. The van der Waals surface area contributed by atoms with Gasteiger partial charge >= 0.3 is 0 Å². The Kier molecular flexibility index (Phi) is 4.42. The molecule has 0 aromatic heterocycles. The fourth-order valence-corrected chi connectivity index (χ4v) is 4.22. The van der Waals surface area contributed by atoms with Crippen molar-refractivity contribution in [2.45, 2.75) is 37.9 Å². The van der Waals surface area contributed by atoms with Crippen LogP contribution in [0.3, 0.4) is 0 Å². The maximum absolute atomic E-state index is 14.7. The number of ether oxygens (including phenoxy) is 1. The molecule has 27 heavy (non-hydrogen) atoms. The molecule has 1 unspecified atom stereocenters. The summed E-state index contributed by atoms with van der Waals surface area (Å²) in [4.78, 5) is 2.23. The fourth-order valence-electron chi connectivity index (χ4n) is 4.22. The normalized spacial score (nSPS) is 20.8. The zero-order chi connectivity index (χ0) is 19.2. The van der Waals surface area contributed by atoms with Crippen LogP contribution in [-0.2, 0) is 6.42 Å². The molecule has 0 bridgehead atoms. The summed E-state index contributed by atoms with van der Waals surface area (Å²) < 4.78 is 20.4. The number of nitrogen functional groups attached to an aromatic ring is 1. The first kappa shape index (κ1) is 18.0. The van der Waals surface area contributed by atoms with Gasteiger partial charge in [-0.1, -0.05) is 18.2 Å². The molecule has 3 N–H and O–H groups in total. The Morgan fingerprint density at radius 3 is 2.70 bits per heavy atom. The predicted molar refractivity (Wildman–Crippen MR) is 107 cm³/mol. The van der Waals surface area contributed by atoms with Crippen LogP contribution in [-0.4, -0.2) is 37.0 Å². The first-order valence-corrected chi connectivity index (χ1v) is 9.45. The summed E-state index contributed by atoms with van der Waals surface area (Å²) in [5.41, 5.74) is 10.8. The molecule has 4 rings (SSSR count). The van der Waals surface area contributed by atoms with Crippen LogP contribution in [0.1, 0.15) is 46.7 Å². The van der Waals surface area contributed by atoms with Crippen LogP contribution in [0.15, 0.2) is 30.3 Å². The van der Waals surface area contributed by atoms with Crippen molar-refractivity contribution in [1.29, 1.82) is 5.41 Å². The minimum atomic E-state index is -1.06. The molecule has 0 amide bonds. The Morgan fingerprint density at radius 2 is 2.04 bits per heavy atom. The first-order valence-electron chi connectivity index (χ1n) is 9.45. The minimum absolute atomic E-state index is 0.100. The van der Waals surface area contributed by atoms with E-state index in [1.807, 2.05) is 25.1 Å². The van der Waals surface area contributed by atoms with Crippen LogP contribution in [0.4, 0.5) is 10.1 Å². The van der Waals surface area contributed by atoms with Crippen LogP contribution >= 0.6 is 0 Å². The number of hydrogen-bond acceptors (Lipinski definition) is 4. The molecule has 5 heteroatoms. The number of aryl methyl sites for hydroxylation is 1. The third-order valence-corrected chi connectivity index (χ3v) is 5.84. The van der Waals surface area contributed by atoms with Gasteiger partial charge in [0.05, 0.1) is 13.2 Å². The number of fused-ring (bicyclic) bond motifs is 1. The number of nitrogens with two attached hydrogens (primary N) is 1. The Hall–Kier alpha value is -2.40. The maximum Gasteiger partial charge on any atom is 0.124 e. The van der Waals surface area contributed by atoms with E-state index in [0.29, 0.717) is 25.1 Å². The maximum atomic E-state index is 14.7. The van der Waals surface area contributed by atoms with E-state index in [2.05, 4.69) is 17.0 Å². The summed E-state index contributed by atoms with van der Waals surface area (Å²) >= 11 is 0. The second-order valence-electron chi connectivity index (χ2n) is 7.80. The zero-order valence-corrected chi connectivity index (χ0v) is 15.9. The molecule has 1 heterocycles. The van der Waals surface area contributed by atoms with Crippen molar-refractivity contribution in [3.05, 3.63) is 58.1 Å². The number of rotatable bonds is 5. The van der Waals surface area contributed by atoms with E-state index in [-0.39, 0.29) is 6.04 Å². The highest BCUT2D eigenvalue weighted by molar-refractivity contribution is 5.88. The highest BCUT2D eigenvalue weighted by Crippen LogP contribution is 2.46. The van der Waals surface area contributed by atoms with Gasteiger partial charge in [-0.05, 0) is 55.0 Å². The van der Waals surface area contributed by atoms with Crippen molar-refractivity contribution in [3.8, 4) is 5.75 Å². The van der Waals surface area contributed by atoms with Crippen molar-refractivity contribution in [2.24, 2.45) is 0 Å².